The van der Waals surface area contributed by atoms with Crippen LogP contribution in [0.15, 0.2) is 54.9 Å². The number of hydrogen-bond acceptors (Lipinski definition) is 4. The lowest BCUT2D eigenvalue weighted by Crippen LogP contribution is -2.38. The van der Waals surface area contributed by atoms with Gasteiger partial charge < -0.3 is 9.64 Å². The van der Waals surface area contributed by atoms with E-state index in [0.29, 0.717) is 32.1 Å². The number of benzene rings is 1. The van der Waals surface area contributed by atoms with Crippen LogP contribution in [0, 0.1) is 5.82 Å². The fourth-order valence-electron chi connectivity index (χ4n) is 2.93. The van der Waals surface area contributed by atoms with E-state index in [2.05, 4.69) is 10.1 Å². The molecule has 0 saturated carbocycles. The predicted octanol–water partition coefficient (Wildman–Crippen LogP) is 2.65. The Morgan fingerprint density at radius 1 is 1.15 bits per heavy atom. The molecular formula is C19H17FN4O2. The van der Waals surface area contributed by atoms with E-state index in [1.54, 1.807) is 4.90 Å². The zero-order valence-electron chi connectivity index (χ0n) is 14.0. The highest BCUT2D eigenvalue weighted by Crippen LogP contribution is 2.20. The van der Waals surface area contributed by atoms with E-state index in [1.165, 1.54) is 12.3 Å². The molecule has 2 aromatic heterocycles. The molecule has 0 spiro atoms. The van der Waals surface area contributed by atoms with Crippen LogP contribution in [0.3, 0.4) is 0 Å². The van der Waals surface area contributed by atoms with Crippen LogP contribution in [0.25, 0.3) is 0 Å². The third-order valence-corrected chi connectivity index (χ3v) is 4.24. The van der Waals surface area contributed by atoms with Crippen LogP contribution >= 0.6 is 0 Å². The molecule has 1 aliphatic heterocycles. The minimum Gasteiger partial charge on any atom is -0.472 e. The molecule has 3 heterocycles. The summed E-state index contributed by atoms with van der Waals surface area (Å²) in [5.74, 6) is -0.226. The quantitative estimate of drug-likeness (QED) is 0.724. The maximum Gasteiger partial charge on any atom is 0.255 e. The molecular weight excluding hydrogens is 335 g/mol. The van der Waals surface area contributed by atoms with Gasteiger partial charge in [0.1, 0.15) is 12.4 Å². The minimum atomic E-state index is -0.519. The zero-order chi connectivity index (χ0) is 17.9. The monoisotopic (exact) mass is 352 g/mol. The highest BCUT2D eigenvalue weighted by atomic mass is 19.1. The van der Waals surface area contributed by atoms with Crippen molar-refractivity contribution in [3.63, 3.8) is 0 Å². The van der Waals surface area contributed by atoms with E-state index in [4.69, 9.17) is 4.74 Å². The van der Waals surface area contributed by atoms with E-state index < -0.39 is 5.82 Å². The summed E-state index contributed by atoms with van der Waals surface area (Å²) in [7, 11) is 0. The van der Waals surface area contributed by atoms with Gasteiger partial charge in [-0.2, -0.15) is 0 Å². The SMILES string of the molecule is O=C(c1cncc(F)c1)N1CCn2nc(OCc3ccccc3)cc2C1. The molecule has 0 fully saturated rings. The Labute approximate surface area is 149 Å². The average molecular weight is 352 g/mol. The molecule has 0 atom stereocenters. The van der Waals surface area contributed by atoms with E-state index >= 15 is 0 Å². The van der Waals surface area contributed by atoms with Gasteiger partial charge in [0.15, 0.2) is 0 Å². The van der Waals surface area contributed by atoms with E-state index in [1.807, 2.05) is 41.1 Å². The number of hydrogen-bond donors (Lipinski definition) is 0. The molecule has 1 aliphatic rings. The predicted molar refractivity (Wildman–Crippen MR) is 91.9 cm³/mol. The largest absolute Gasteiger partial charge is 0.472 e. The molecule has 1 amide bonds. The zero-order valence-corrected chi connectivity index (χ0v) is 14.0. The molecule has 26 heavy (non-hydrogen) atoms. The molecule has 6 nitrogen and oxygen atoms in total. The van der Waals surface area contributed by atoms with Gasteiger partial charge in [-0.15, -0.1) is 5.10 Å². The lowest BCUT2D eigenvalue weighted by Gasteiger charge is -2.27. The second-order valence-corrected chi connectivity index (χ2v) is 6.09. The standard InChI is InChI=1S/C19H17FN4O2/c20-16-8-15(10-21-11-16)19(25)23-6-7-24-17(12-23)9-18(22-24)26-13-14-4-2-1-3-5-14/h1-5,8-11H,6-7,12-13H2. The van der Waals surface area contributed by atoms with Crippen LogP contribution in [0.5, 0.6) is 5.88 Å². The van der Waals surface area contributed by atoms with Gasteiger partial charge >= 0.3 is 0 Å². The summed E-state index contributed by atoms with van der Waals surface area (Å²) in [5, 5.41) is 4.43. The van der Waals surface area contributed by atoms with Crippen molar-refractivity contribution < 1.29 is 13.9 Å². The van der Waals surface area contributed by atoms with Crippen LogP contribution in [0.4, 0.5) is 4.39 Å². The first-order chi connectivity index (χ1) is 12.7. The lowest BCUT2D eigenvalue weighted by atomic mass is 10.2. The summed E-state index contributed by atoms with van der Waals surface area (Å²) >= 11 is 0. The lowest BCUT2D eigenvalue weighted by molar-refractivity contribution is 0.0705. The number of carbonyl (C=O) groups excluding carboxylic acids is 1. The van der Waals surface area contributed by atoms with Crippen LogP contribution < -0.4 is 4.74 Å². The number of aromatic nitrogens is 3. The van der Waals surface area contributed by atoms with Crippen LogP contribution in [-0.2, 0) is 19.7 Å². The molecule has 0 radical (unpaired) electrons. The second-order valence-electron chi connectivity index (χ2n) is 6.09. The highest BCUT2D eigenvalue weighted by molar-refractivity contribution is 5.93. The van der Waals surface area contributed by atoms with Crippen molar-refractivity contribution in [1.29, 1.82) is 0 Å². The maximum atomic E-state index is 13.3. The smallest absolute Gasteiger partial charge is 0.255 e. The topological polar surface area (TPSA) is 60.2 Å². The van der Waals surface area contributed by atoms with Gasteiger partial charge in [0.05, 0.1) is 30.5 Å². The van der Waals surface area contributed by atoms with Crippen LogP contribution in [0.1, 0.15) is 21.6 Å². The van der Waals surface area contributed by atoms with Crippen molar-refractivity contribution in [2.24, 2.45) is 0 Å². The summed E-state index contributed by atoms with van der Waals surface area (Å²) < 4.78 is 20.9. The Bertz CT molecular complexity index is 926. The summed E-state index contributed by atoms with van der Waals surface area (Å²) in [4.78, 5) is 17.9. The van der Waals surface area contributed by atoms with Crippen molar-refractivity contribution in [3.05, 3.63) is 77.5 Å². The average Bonchev–Trinajstić information content (AvgIpc) is 3.08. The van der Waals surface area contributed by atoms with Crippen molar-refractivity contribution in [1.82, 2.24) is 19.7 Å². The minimum absolute atomic E-state index is 0.240. The molecule has 132 valence electrons. The summed E-state index contributed by atoms with van der Waals surface area (Å²) in [5.41, 5.74) is 2.20. The fraction of sp³-hybridized carbons (Fsp3) is 0.211. The van der Waals surface area contributed by atoms with Gasteiger partial charge in [0.25, 0.3) is 5.91 Å². The first-order valence-electron chi connectivity index (χ1n) is 8.32. The first kappa shape index (κ1) is 16.3. The van der Waals surface area contributed by atoms with E-state index in [9.17, 15) is 9.18 Å². The third-order valence-electron chi connectivity index (χ3n) is 4.24. The summed E-state index contributed by atoms with van der Waals surface area (Å²) in [6.07, 6.45) is 2.46. The van der Waals surface area contributed by atoms with Gasteiger partial charge in [-0.1, -0.05) is 30.3 Å². The molecule has 4 rings (SSSR count). The van der Waals surface area contributed by atoms with Gasteiger partial charge in [0.2, 0.25) is 5.88 Å². The van der Waals surface area contributed by atoms with Crippen LogP contribution in [-0.4, -0.2) is 32.1 Å². The van der Waals surface area contributed by atoms with Gasteiger partial charge in [-0.05, 0) is 11.6 Å². The normalized spacial score (nSPS) is 13.3. The van der Waals surface area contributed by atoms with Crippen molar-refractivity contribution >= 4 is 5.91 Å². The van der Waals surface area contributed by atoms with Gasteiger partial charge in [-0.25, -0.2) is 4.39 Å². The number of halogens is 1. The number of amides is 1. The molecule has 0 bridgehead atoms. The molecule has 7 heteroatoms. The Morgan fingerprint density at radius 2 is 2.00 bits per heavy atom. The number of pyridine rings is 1. The Morgan fingerprint density at radius 3 is 2.81 bits per heavy atom. The summed E-state index contributed by atoms with van der Waals surface area (Å²) in [6, 6.07) is 12.9. The van der Waals surface area contributed by atoms with Gasteiger partial charge in [0, 0.05) is 18.8 Å². The fourth-order valence-corrected chi connectivity index (χ4v) is 2.93. The Kier molecular flexibility index (Phi) is 4.35. The van der Waals surface area contributed by atoms with Gasteiger partial charge in [-0.3, -0.25) is 14.5 Å². The Hall–Kier alpha value is -3.22. The second kappa shape index (κ2) is 6.95. The molecule has 0 N–H and O–H groups in total. The van der Waals surface area contributed by atoms with Crippen molar-refractivity contribution in [3.8, 4) is 5.88 Å². The number of carbonyl (C=O) groups is 1. The van der Waals surface area contributed by atoms with Crippen molar-refractivity contribution in [2.45, 2.75) is 19.7 Å². The number of fused-ring (bicyclic) bond motifs is 1. The summed E-state index contributed by atoms with van der Waals surface area (Å²) in [6.45, 7) is 1.91. The van der Waals surface area contributed by atoms with Crippen LogP contribution in [0.2, 0.25) is 0 Å². The van der Waals surface area contributed by atoms with E-state index in [-0.39, 0.29) is 11.5 Å². The first-order valence-corrected chi connectivity index (χ1v) is 8.32. The highest BCUT2D eigenvalue weighted by Gasteiger charge is 2.24. The number of rotatable bonds is 4. The van der Waals surface area contributed by atoms with E-state index in [0.717, 1.165) is 17.5 Å². The maximum absolute atomic E-state index is 13.3. The Balaban J connectivity index is 1.44. The number of nitrogens with zero attached hydrogens (tertiary/aromatic N) is 4. The van der Waals surface area contributed by atoms with Crippen molar-refractivity contribution in [2.75, 3.05) is 6.54 Å². The third kappa shape index (κ3) is 3.42. The molecule has 0 saturated heterocycles. The molecule has 1 aromatic carbocycles. The molecule has 0 unspecified atom stereocenters. The molecule has 0 aliphatic carbocycles. The number of ether oxygens (including phenoxy) is 1. The molecule has 3 aromatic rings.